The maximum atomic E-state index is 12.7. The van der Waals surface area contributed by atoms with E-state index in [2.05, 4.69) is 20.8 Å². The Morgan fingerprint density at radius 1 is 1.18 bits per heavy atom. The Balaban J connectivity index is 1.33. The first-order valence-corrected chi connectivity index (χ1v) is 10.1. The Hall–Kier alpha value is -2.88. The molecular weight excluding hydrogens is 380 g/mol. The van der Waals surface area contributed by atoms with Crippen LogP contribution in [0.2, 0.25) is 0 Å². The van der Waals surface area contributed by atoms with Crippen molar-refractivity contribution in [2.75, 3.05) is 5.75 Å². The average molecular weight is 400 g/mol. The minimum atomic E-state index is -0.855. The second-order valence-electron chi connectivity index (χ2n) is 6.84. The number of carbonyl (C=O) groups is 3. The van der Waals surface area contributed by atoms with E-state index in [9.17, 15) is 14.4 Å². The maximum absolute atomic E-state index is 12.7. The van der Waals surface area contributed by atoms with Gasteiger partial charge in [-0.15, -0.1) is 5.10 Å². The van der Waals surface area contributed by atoms with Crippen LogP contribution in [0.25, 0.3) is 5.69 Å². The average Bonchev–Trinajstić information content (AvgIpc) is 3.27. The number of benzene rings is 1. The quantitative estimate of drug-likeness (QED) is 0.583. The molecule has 4 amide bonds. The summed E-state index contributed by atoms with van der Waals surface area (Å²) in [7, 11) is 0. The molecule has 28 heavy (non-hydrogen) atoms. The van der Waals surface area contributed by atoms with Gasteiger partial charge in [-0.1, -0.05) is 49.2 Å². The van der Waals surface area contributed by atoms with E-state index in [0.29, 0.717) is 18.0 Å². The van der Waals surface area contributed by atoms with Gasteiger partial charge in [0, 0.05) is 0 Å². The molecule has 1 saturated heterocycles. The third-order valence-electron chi connectivity index (χ3n) is 4.93. The SMILES string of the molecule is O=C(CSc1ncn(-c2ccccc2)n1)NN1C(=O)NC2(CCCCC2)C1=O. The van der Waals surface area contributed by atoms with Gasteiger partial charge < -0.3 is 5.32 Å². The van der Waals surface area contributed by atoms with E-state index in [4.69, 9.17) is 0 Å². The van der Waals surface area contributed by atoms with Gasteiger partial charge in [0.2, 0.25) is 11.1 Å². The molecule has 2 heterocycles. The second kappa shape index (κ2) is 7.63. The second-order valence-corrected chi connectivity index (χ2v) is 7.79. The first kappa shape index (κ1) is 18.5. The molecule has 2 fully saturated rings. The predicted molar refractivity (Wildman–Crippen MR) is 101 cm³/mol. The molecule has 1 aliphatic heterocycles. The fraction of sp³-hybridized carbons (Fsp3) is 0.389. The zero-order valence-electron chi connectivity index (χ0n) is 15.1. The van der Waals surface area contributed by atoms with Crippen molar-refractivity contribution in [2.45, 2.75) is 42.8 Å². The predicted octanol–water partition coefficient (Wildman–Crippen LogP) is 1.65. The summed E-state index contributed by atoms with van der Waals surface area (Å²) in [5.74, 6) is -0.845. The van der Waals surface area contributed by atoms with Gasteiger partial charge in [0.05, 0.1) is 11.4 Å². The van der Waals surface area contributed by atoms with E-state index in [-0.39, 0.29) is 11.7 Å². The molecular formula is C18H20N6O3S. The van der Waals surface area contributed by atoms with Crippen molar-refractivity contribution in [3.63, 3.8) is 0 Å². The first-order valence-electron chi connectivity index (χ1n) is 9.13. The third kappa shape index (κ3) is 3.59. The molecule has 9 nitrogen and oxygen atoms in total. The van der Waals surface area contributed by atoms with Crippen LogP contribution in [0.1, 0.15) is 32.1 Å². The van der Waals surface area contributed by atoms with Crippen molar-refractivity contribution in [1.82, 2.24) is 30.5 Å². The number of hydrazine groups is 1. The van der Waals surface area contributed by atoms with Gasteiger partial charge in [-0.25, -0.2) is 14.5 Å². The third-order valence-corrected chi connectivity index (χ3v) is 5.78. The number of imide groups is 1. The van der Waals surface area contributed by atoms with Crippen LogP contribution in [0.3, 0.4) is 0 Å². The molecule has 0 bridgehead atoms. The molecule has 1 aliphatic carbocycles. The van der Waals surface area contributed by atoms with E-state index in [1.54, 1.807) is 11.0 Å². The lowest BCUT2D eigenvalue weighted by Crippen LogP contribution is -2.51. The normalized spacial score (nSPS) is 18.4. The van der Waals surface area contributed by atoms with E-state index < -0.39 is 17.5 Å². The lowest BCUT2D eigenvalue weighted by Gasteiger charge is -2.30. The van der Waals surface area contributed by atoms with Gasteiger partial charge in [0.1, 0.15) is 11.9 Å². The molecule has 1 aromatic heterocycles. The highest BCUT2D eigenvalue weighted by molar-refractivity contribution is 7.99. The first-order chi connectivity index (χ1) is 13.6. The van der Waals surface area contributed by atoms with E-state index >= 15 is 0 Å². The molecule has 4 rings (SSSR count). The van der Waals surface area contributed by atoms with Crippen molar-refractivity contribution in [3.05, 3.63) is 36.7 Å². The number of amides is 4. The molecule has 0 radical (unpaired) electrons. The number of rotatable bonds is 5. The minimum absolute atomic E-state index is 0.0110. The molecule has 1 saturated carbocycles. The largest absolute Gasteiger partial charge is 0.344 e. The highest BCUT2D eigenvalue weighted by Gasteiger charge is 2.52. The van der Waals surface area contributed by atoms with Gasteiger partial charge >= 0.3 is 6.03 Å². The highest BCUT2D eigenvalue weighted by atomic mass is 32.2. The molecule has 2 aliphatic rings. The lowest BCUT2D eigenvalue weighted by atomic mass is 9.82. The molecule has 2 aromatic rings. The van der Waals surface area contributed by atoms with Crippen LogP contribution in [0.15, 0.2) is 41.8 Å². The lowest BCUT2D eigenvalue weighted by molar-refractivity contribution is -0.139. The number of hydrogen-bond donors (Lipinski definition) is 2. The van der Waals surface area contributed by atoms with Crippen LogP contribution in [0.4, 0.5) is 4.79 Å². The monoisotopic (exact) mass is 400 g/mol. The number of nitrogens with zero attached hydrogens (tertiary/aromatic N) is 4. The van der Waals surface area contributed by atoms with Crippen LogP contribution in [0.5, 0.6) is 0 Å². The number of para-hydroxylation sites is 1. The minimum Gasteiger partial charge on any atom is -0.322 e. The number of aromatic nitrogens is 3. The van der Waals surface area contributed by atoms with Gasteiger partial charge in [-0.3, -0.25) is 15.0 Å². The smallest absolute Gasteiger partial charge is 0.322 e. The number of thioether (sulfide) groups is 1. The van der Waals surface area contributed by atoms with Crippen molar-refractivity contribution >= 4 is 29.6 Å². The summed E-state index contributed by atoms with van der Waals surface area (Å²) in [6, 6.07) is 8.93. The van der Waals surface area contributed by atoms with Crippen LogP contribution >= 0.6 is 11.8 Å². The Morgan fingerprint density at radius 2 is 1.93 bits per heavy atom. The molecule has 0 atom stereocenters. The summed E-state index contributed by atoms with van der Waals surface area (Å²) in [5, 5.41) is 8.31. The van der Waals surface area contributed by atoms with Crippen molar-refractivity contribution in [2.24, 2.45) is 0 Å². The summed E-state index contributed by atoms with van der Waals surface area (Å²) in [4.78, 5) is 41.2. The van der Waals surface area contributed by atoms with Crippen LogP contribution in [-0.2, 0) is 9.59 Å². The Morgan fingerprint density at radius 3 is 2.68 bits per heavy atom. The van der Waals surface area contributed by atoms with Crippen LogP contribution in [0, 0.1) is 0 Å². The van der Waals surface area contributed by atoms with Gasteiger partial charge in [-0.2, -0.15) is 5.01 Å². The van der Waals surface area contributed by atoms with Crippen LogP contribution in [-0.4, -0.2) is 48.9 Å². The van der Waals surface area contributed by atoms with E-state index in [1.165, 1.54) is 0 Å². The molecule has 10 heteroatoms. The van der Waals surface area contributed by atoms with Crippen molar-refractivity contribution in [3.8, 4) is 5.69 Å². The molecule has 1 aromatic carbocycles. The number of carbonyl (C=O) groups excluding carboxylic acids is 3. The molecule has 146 valence electrons. The topological polar surface area (TPSA) is 109 Å². The molecule has 2 N–H and O–H groups in total. The summed E-state index contributed by atoms with van der Waals surface area (Å²) < 4.78 is 1.62. The van der Waals surface area contributed by atoms with Crippen molar-refractivity contribution in [1.29, 1.82) is 0 Å². The van der Waals surface area contributed by atoms with Gasteiger partial charge in [-0.05, 0) is 25.0 Å². The Bertz CT molecular complexity index is 894. The van der Waals surface area contributed by atoms with Crippen LogP contribution < -0.4 is 10.7 Å². The van der Waals surface area contributed by atoms with Gasteiger partial charge in [0.15, 0.2) is 0 Å². The summed E-state index contributed by atoms with van der Waals surface area (Å²) in [6.07, 6.45) is 5.62. The highest BCUT2D eigenvalue weighted by Crippen LogP contribution is 2.33. The van der Waals surface area contributed by atoms with E-state index in [1.807, 2.05) is 30.3 Å². The zero-order chi connectivity index (χ0) is 19.6. The number of urea groups is 1. The maximum Gasteiger partial charge on any atom is 0.344 e. The number of hydrogen-bond acceptors (Lipinski definition) is 6. The van der Waals surface area contributed by atoms with Crippen molar-refractivity contribution < 1.29 is 14.4 Å². The Labute approximate surface area is 165 Å². The zero-order valence-corrected chi connectivity index (χ0v) is 15.9. The number of nitrogens with one attached hydrogen (secondary N) is 2. The standard InChI is InChI=1S/C18H20N6O3S/c25-14(11-28-16-19-12-23(22-16)13-7-3-1-4-8-13)21-24-15(26)18(20-17(24)27)9-5-2-6-10-18/h1,3-4,7-8,12H,2,5-6,9-11H2,(H,20,27)(H,21,25). The summed E-state index contributed by atoms with van der Waals surface area (Å²) >= 11 is 1.13. The summed E-state index contributed by atoms with van der Waals surface area (Å²) in [5.41, 5.74) is 2.42. The molecule has 1 spiro atoms. The molecule has 0 unspecified atom stereocenters. The summed E-state index contributed by atoms with van der Waals surface area (Å²) in [6.45, 7) is 0. The Kier molecular flexibility index (Phi) is 5.03. The fourth-order valence-electron chi connectivity index (χ4n) is 3.52. The fourth-order valence-corrected chi connectivity index (χ4v) is 4.11. The van der Waals surface area contributed by atoms with E-state index in [0.717, 1.165) is 41.7 Å². The van der Waals surface area contributed by atoms with Gasteiger partial charge in [0.25, 0.3) is 5.91 Å².